The van der Waals surface area contributed by atoms with Gasteiger partial charge in [-0.3, -0.25) is 9.69 Å². The van der Waals surface area contributed by atoms with Gasteiger partial charge in [0.1, 0.15) is 5.82 Å². The van der Waals surface area contributed by atoms with Crippen molar-refractivity contribution in [1.82, 2.24) is 4.98 Å². The van der Waals surface area contributed by atoms with Crippen LogP contribution < -0.4 is 4.90 Å². The van der Waals surface area contributed by atoms with E-state index in [1.165, 1.54) is 19.3 Å². The fraction of sp³-hybridized carbons (Fsp3) is 0.304. The molecule has 3 heteroatoms. The van der Waals surface area contributed by atoms with Crippen LogP contribution >= 0.6 is 0 Å². The number of benzene rings is 2. The quantitative estimate of drug-likeness (QED) is 0.653. The summed E-state index contributed by atoms with van der Waals surface area (Å²) in [4.78, 5) is 20.5. The lowest BCUT2D eigenvalue weighted by Gasteiger charge is -2.31. The summed E-state index contributed by atoms with van der Waals surface area (Å²) in [5.74, 6) is 0.848. The highest BCUT2D eigenvalue weighted by Gasteiger charge is 2.43. The van der Waals surface area contributed by atoms with Gasteiger partial charge in [-0.2, -0.15) is 0 Å². The number of rotatable bonds is 2. The van der Waals surface area contributed by atoms with Gasteiger partial charge in [-0.15, -0.1) is 0 Å². The van der Waals surface area contributed by atoms with Gasteiger partial charge in [-0.25, -0.2) is 4.98 Å². The van der Waals surface area contributed by atoms with Gasteiger partial charge in [0.25, 0.3) is 0 Å². The summed E-state index contributed by atoms with van der Waals surface area (Å²) >= 11 is 0. The standard InChI is InChI=1S/C23H22N2O/c26-23-21(16-9-3-1-4-10-16)19-15-17-11-7-8-14-20(17)24-22(19)25(23)18-12-5-2-6-13-18/h1,3-4,7-11,14-15,18,21H,2,5-6,12-13H2. The minimum absolute atomic E-state index is 0.195. The number of para-hydroxylation sites is 1. The van der Waals surface area contributed by atoms with E-state index >= 15 is 0 Å². The maximum absolute atomic E-state index is 13.5. The zero-order valence-electron chi connectivity index (χ0n) is 14.8. The van der Waals surface area contributed by atoms with Crippen LogP contribution in [-0.4, -0.2) is 16.9 Å². The summed E-state index contributed by atoms with van der Waals surface area (Å²) < 4.78 is 0. The molecular formula is C23H22N2O. The monoisotopic (exact) mass is 342 g/mol. The first kappa shape index (κ1) is 15.6. The van der Waals surface area contributed by atoms with Gasteiger partial charge in [0, 0.05) is 17.0 Å². The molecule has 1 unspecified atom stereocenters. The van der Waals surface area contributed by atoms with E-state index in [4.69, 9.17) is 4.98 Å². The van der Waals surface area contributed by atoms with Crippen LogP contribution in [0.5, 0.6) is 0 Å². The van der Waals surface area contributed by atoms with Crippen molar-refractivity contribution >= 4 is 22.6 Å². The maximum Gasteiger partial charge on any atom is 0.240 e. The molecule has 1 amide bonds. The third-order valence-electron chi connectivity index (χ3n) is 5.83. The Morgan fingerprint density at radius 2 is 1.62 bits per heavy atom. The molecule has 0 spiro atoms. The number of carbonyl (C=O) groups is 1. The molecule has 0 bridgehead atoms. The Kier molecular flexibility index (Phi) is 3.74. The first-order valence-electron chi connectivity index (χ1n) is 9.60. The van der Waals surface area contributed by atoms with Crippen LogP contribution in [0, 0.1) is 0 Å². The fourth-order valence-electron chi connectivity index (χ4n) is 4.56. The predicted molar refractivity (Wildman–Crippen MR) is 104 cm³/mol. The molecule has 1 fully saturated rings. The number of carbonyl (C=O) groups excluding carboxylic acids is 1. The van der Waals surface area contributed by atoms with E-state index in [2.05, 4.69) is 24.3 Å². The smallest absolute Gasteiger partial charge is 0.240 e. The van der Waals surface area contributed by atoms with Gasteiger partial charge < -0.3 is 0 Å². The Labute approximate surface area is 153 Å². The predicted octanol–water partition coefficient (Wildman–Crippen LogP) is 5.05. The fourth-order valence-corrected chi connectivity index (χ4v) is 4.56. The lowest BCUT2D eigenvalue weighted by atomic mass is 9.92. The summed E-state index contributed by atoms with van der Waals surface area (Å²) in [5.41, 5.74) is 3.09. The largest absolute Gasteiger partial charge is 0.293 e. The third-order valence-corrected chi connectivity index (χ3v) is 5.83. The van der Waals surface area contributed by atoms with E-state index in [0.29, 0.717) is 0 Å². The highest BCUT2D eigenvalue weighted by Crippen LogP contribution is 2.44. The second-order valence-electron chi connectivity index (χ2n) is 7.44. The molecule has 1 aliphatic carbocycles. The third kappa shape index (κ3) is 2.42. The van der Waals surface area contributed by atoms with Crippen LogP contribution in [0.4, 0.5) is 5.82 Å². The van der Waals surface area contributed by atoms with Crippen molar-refractivity contribution in [3.05, 3.63) is 71.8 Å². The number of hydrogen-bond acceptors (Lipinski definition) is 2. The van der Waals surface area contributed by atoms with E-state index in [9.17, 15) is 4.79 Å². The average molecular weight is 342 g/mol. The number of pyridine rings is 1. The van der Waals surface area contributed by atoms with Crippen molar-refractivity contribution in [2.24, 2.45) is 0 Å². The van der Waals surface area contributed by atoms with Gasteiger partial charge >= 0.3 is 0 Å². The first-order valence-corrected chi connectivity index (χ1v) is 9.60. The number of aromatic nitrogens is 1. The van der Waals surface area contributed by atoms with Crippen LogP contribution in [0.1, 0.15) is 49.1 Å². The molecule has 1 aromatic heterocycles. The number of fused-ring (bicyclic) bond motifs is 2. The van der Waals surface area contributed by atoms with Gasteiger partial charge in [0.05, 0.1) is 11.4 Å². The molecular weight excluding hydrogens is 320 g/mol. The zero-order chi connectivity index (χ0) is 17.5. The Bertz CT molecular complexity index is 960. The molecule has 2 aliphatic rings. The molecule has 130 valence electrons. The molecule has 3 aromatic rings. The van der Waals surface area contributed by atoms with Crippen molar-refractivity contribution in [2.75, 3.05) is 4.90 Å². The molecule has 1 aliphatic heterocycles. The molecule has 26 heavy (non-hydrogen) atoms. The topological polar surface area (TPSA) is 33.2 Å². The molecule has 0 radical (unpaired) electrons. The normalized spacial score (nSPS) is 20.5. The molecule has 1 atom stereocenters. The van der Waals surface area contributed by atoms with Gasteiger partial charge in [-0.1, -0.05) is 67.8 Å². The van der Waals surface area contributed by atoms with Crippen molar-refractivity contribution < 1.29 is 4.79 Å². The Morgan fingerprint density at radius 3 is 2.42 bits per heavy atom. The Hall–Kier alpha value is -2.68. The molecule has 2 aromatic carbocycles. The van der Waals surface area contributed by atoms with Crippen molar-refractivity contribution in [3.8, 4) is 0 Å². The molecule has 0 saturated heterocycles. The highest BCUT2D eigenvalue weighted by molar-refractivity contribution is 6.08. The van der Waals surface area contributed by atoms with E-state index in [1.54, 1.807) is 0 Å². The lowest BCUT2D eigenvalue weighted by molar-refractivity contribution is -0.119. The first-order chi connectivity index (χ1) is 12.8. The Balaban J connectivity index is 1.70. The van der Waals surface area contributed by atoms with Crippen molar-refractivity contribution in [1.29, 1.82) is 0 Å². The van der Waals surface area contributed by atoms with E-state index in [-0.39, 0.29) is 17.9 Å². The summed E-state index contributed by atoms with van der Waals surface area (Å²) in [6, 6.07) is 20.8. The number of anilines is 1. The number of hydrogen-bond donors (Lipinski definition) is 0. The summed E-state index contributed by atoms with van der Waals surface area (Å²) in [5, 5.41) is 1.10. The van der Waals surface area contributed by atoms with Crippen LogP contribution in [-0.2, 0) is 4.79 Å². The summed E-state index contributed by atoms with van der Waals surface area (Å²) in [7, 11) is 0. The lowest BCUT2D eigenvalue weighted by Crippen LogP contribution is -2.40. The van der Waals surface area contributed by atoms with Gasteiger partial charge in [0.15, 0.2) is 0 Å². The van der Waals surface area contributed by atoms with Crippen molar-refractivity contribution in [3.63, 3.8) is 0 Å². The van der Waals surface area contributed by atoms with Crippen molar-refractivity contribution in [2.45, 2.75) is 44.1 Å². The minimum Gasteiger partial charge on any atom is -0.293 e. The molecule has 3 nitrogen and oxygen atoms in total. The summed E-state index contributed by atoms with van der Waals surface area (Å²) in [6.45, 7) is 0. The Morgan fingerprint density at radius 1 is 0.885 bits per heavy atom. The van der Waals surface area contributed by atoms with E-state index in [1.807, 2.05) is 41.3 Å². The van der Waals surface area contributed by atoms with Gasteiger partial charge in [-0.05, 0) is 30.5 Å². The van der Waals surface area contributed by atoms with Crippen LogP contribution in [0.3, 0.4) is 0 Å². The number of nitrogens with zero attached hydrogens (tertiary/aromatic N) is 2. The maximum atomic E-state index is 13.5. The second-order valence-corrected chi connectivity index (χ2v) is 7.44. The molecule has 0 N–H and O–H groups in total. The van der Waals surface area contributed by atoms with Crippen LogP contribution in [0.25, 0.3) is 10.9 Å². The zero-order valence-corrected chi connectivity index (χ0v) is 14.8. The molecule has 5 rings (SSSR count). The minimum atomic E-state index is -0.231. The SMILES string of the molecule is O=C1C(c2ccccc2)c2cc3ccccc3nc2N1C1CCCCC1. The van der Waals surface area contributed by atoms with E-state index < -0.39 is 0 Å². The average Bonchev–Trinajstić information content (AvgIpc) is 2.98. The van der Waals surface area contributed by atoms with E-state index in [0.717, 1.165) is 40.7 Å². The highest BCUT2D eigenvalue weighted by atomic mass is 16.2. The molecule has 2 heterocycles. The van der Waals surface area contributed by atoms with Crippen LogP contribution in [0.2, 0.25) is 0 Å². The van der Waals surface area contributed by atoms with Gasteiger partial charge in [0.2, 0.25) is 5.91 Å². The second kappa shape index (κ2) is 6.24. The van der Waals surface area contributed by atoms with Crippen LogP contribution in [0.15, 0.2) is 60.7 Å². The number of amides is 1. The molecule has 1 saturated carbocycles. The summed E-state index contributed by atoms with van der Waals surface area (Å²) in [6.07, 6.45) is 5.85.